The molecule has 15 heavy (non-hydrogen) atoms. The van der Waals surface area contributed by atoms with Gasteiger partial charge in [-0.15, -0.1) is 11.3 Å². The van der Waals surface area contributed by atoms with E-state index in [-0.39, 0.29) is 0 Å². The molecule has 0 aliphatic rings. The summed E-state index contributed by atoms with van der Waals surface area (Å²) in [6.07, 6.45) is 0. The highest BCUT2D eigenvalue weighted by Crippen LogP contribution is 2.20. The first-order valence-electron chi connectivity index (χ1n) is 4.46. The number of rotatable bonds is 3. The fraction of sp³-hybridized carbons (Fsp3) is 0.0909. The molecule has 1 heterocycles. The quantitative estimate of drug-likeness (QED) is 0.797. The van der Waals surface area contributed by atoms with Gasteiger partial charge in [-0.3, -0.25) is 0 Å². The molecule has 0 bridgehead atoms. The summed E-state index contributed by atoms with van der Waals surface area (Å²) in [4.78, 5) is 1.25. The fourth-order valence-electron chi connectivity index (χ4n) is 1.23. The zero-order chi connectivity index (χ0) is 10.7. The summed E-state index contributed by atoms with van der Waals surface area (Å²) in [6, 6.07) is 10.3. The van der Waals surface area contributed by atoms with Crippen molar-refractivity contribution in [3.05, 3.63) is 49.2 Å². The topological polar surface area (TPSA) is 12.0 Å². The van der Waals surface area contributed by atoms with Crippen LogP contribution in [0.25, 0.3) is 0 Å². The van der Waals surface area contributed by atoms with E-state index < -0.39 is 0 Å². The first-order chi connectivity index (χ1) is 7.24. The van der Waals surface area contributed by atoms with Crippen molar-refractivity contribution in [3.63, 3.8) is 0 Å². The van der Waals surface area contributed by atoms with Crippen molar-refractivity contribution < 1.29 is 0 Å². The zero-order valence-corrected chi connectivity index (χ0v) is 11.6. The van der Waals surface area contributed by atoms with Crippen LogP contribution in [0.2, 0.25) is 5.02 Å². The lowest BCUT2D eigenvalue weighted by Gasteiger charge is -2.04. The van der Waals surface area contributed by atoms with Crippen LogP contribution in [0.5, 0.6) is 0 Å². The molecule has 0 amide bonds. The van der Waals surface area contributed by atoms with Crippen molar-refractivity contribution in [1.29, 1.82) is 0 Å². The van der Waals surface area contributed by atoms with Crippen LogP contribution in [0.4, 0.5) is 5.69 Å². The number of anilines is 1. The van der Waals surface area contributed by atoms with E-state index in [1.54, 1.807) is 11.3 Å². The average molecular weight is 350 g/mol. The summed E-state index contributed by atoms with van der Waals surface area (Å²) in [6.45, 7) is 0.831. The molecule has 0 saturated heterocycles. The van der Waals surface area contributed by atoms with Gasteiger partial charge >= 0.3 is 0 Å². The van der Waals surface area contributed by atoms with Gasteiger partial charge in [-0.05, 0) is 46.9 Å². The standard InChI is InChI=1S/C11H9ClINS/c12-8-4-11(15-7-8)6-14-10-3-1-2-9(13)5-10/h1-5,7,14H,6H2. The van der Waals surface area contributed by atoms with Gasteiger partial charge in [0.15, 0.2) is 0 Å². The highest BCUT2D eigenvalue weighted by atomic mass is 127. The molecule has 1 nitrogen and oxygen atoms in total. The second-order valence-electron chi connectivity index (χ2n) is 3.10. The van der Waals surface area contributed by atoms with Crippen molar-refractivity contribution in [2.24, 2.45) is 0 Å². The normalized spacial score (nSPS) is 10.3. The summed E-state index contributed by atoms with van der Waals surface area (Å²) in [5.74, 6) is 0. The Labute approximate surface area is 112 Å². The molecule has 1 aromatic carbocycles. The van der Waals surface area contributed by atoms with E-state index in [2.05, 4.69) is 46.1 Å². The van der Waals surface area contributed by atoms with E-state index in [0.29, 0.717) is 0 Å². The van der Waals surface area contributed by atoms with Gasteiger partial charge in [0, 0.05) is 26.1 Å². The van der Waals surface area contributed by atoms with E-state index in [1.807, 2.05) is 17.5 Å². The minimum Gasteiger partial charge on any atom is -0.380 e. The van der Waals surface area contributed by atoms with Gasteiger partial charge in [-0.2, -0.15) is 0 Å². The van der Waals surface area contributed by atoms with Crippen molar-refractivity contribution in [2.45, 2.75) is 6.54 Å². The minimum absolute atomic E-state index is 0.819. The van der Waals surface area contributed by atoms with Crippen LogP contribution in [0, 0.1) is 3.57 Å². The Morgan fingerprint density at radius 1 is 1.33 bits per heavy atom. The monoisotopic (exact) mass is 349 g/mol. The summed E-state index contributed by atoms with van der Waals surface area (Å²) in [7, 11) is 0. The Morgan fingerprint density at radius 2 is 2.20 bits per heavy atom. The van der Waals surface area contributed by atoms with Crippen molar-refractivity contribution in [1.82, 2.24) is 0 Å². The Morgan fingerprint density at radius 3 is 2.87 bits per heavy atom. The lowest BCUT2D eigenvalue weighted by Crippen LogP contribution is -1.96. The van der Waals surface area contributed by atoms with Gasteiger partial charge < -0.3 is 5.32 Å². The molecule has 4 heteroatoms. The molecular formula is C11H9ClINS. The number of hydrogen-bond donors (Lipinski definition) is 1. The van der Waals surface area contributed by atoms with Crippen molar-refractivity contribution >= 4 is 51.2 Å². The van der Waals surface area contributed by atoms with Crippen LogP contribution < -0.4 is 5.32 Å². The largest absolute Gasteiger partial charge is 0.380 e. The molecule has 0 saturated carbocycles. The molecule has 0 spiro atoms. The zero-order valence-electron chi connectivity index (χ0n) is 7.84. The summed E-state index contributed by atoms with van der Waals surface area (Å²) in [5, 5.41) is 6.13. The maximum absolute atomic E-state index is 5.85. The molecule has 0 fully saturated rings. The number of thiophene rings is 1. The summed E-state index contributed by atoms with van der Waals surface area (Å²) >= 11 is 9.83. The Bertz CT molecular complexity index is 455. The van der Waals surface area contributed by atoms with Crippen molar-refractivity contribution in [3.8, 4) is 0 Å². The smallest absolute Gasteiger partial charge is 0.0516 e. The lowest BCUT2D eigenvalue weighted by atomic mass is 10.3. The third-order valence-corrected chi connectivity index (χ3v) is 3.87. The molecule has 78 valence electrons. The first-order valence-corrected chi connectivity index (χ1v) is 6.80. The van der Waals surface area contributed by atoms with Gasteiger partial charge in [0.1, 0.15) is 0 Å². The molecule has 2 rings (SSSR count). The van der Waals surface area contributed by atoms with E-state index in [4.69, 9.17) is 11.6 Å². The predicted molar refractivity (Wildman–Crippen MR) is 75.8 cm³/mol. The van der Waals surface area contributed by atoms with Gasteiger partial charge in [-0.25, -0.2) is 0 Å². The SMILES string of the molecule is Clc1csc(CNc2cccc(I)c2)c1. The second-order valence-corrected chi connectivity index (χ2v) is 5.77. The molecule has 0 unspecified atom stereocenters. The second kappa shape index (κ2) is 5.18. The fourth-order valence-corrected chi connectivity index (χ4v) is 2.79. The highest BCUT2D eigenvalue weighted by Gasteiger charge is 1.98. The van der Waals surface area contributed by atoms with Gasteiger partial charge in [0.2, 0.25) is 0 Å². The summed E-state index contributed by atoms with van der Waals surface area (Å²) in [5.41, 5.74) is 1.14. The molecule has 0 aliphatic heterocycles. The molecule has 1 aromatic heterocycles. The molecule has 2 aromatic rings. The Hall–Kier alpha value is -0.260. The highest BCUT2D eigenvalue weighted by molar-refractivity contribution is 14.1. The lowest BCUT2D eigenvalue weighted by molar-refractivity contribution is 1.19. The minimum atomic E-state index is 0.819. The maximum atomic E-state index is 5.85. The third kappa shape index (κ3) is 3.36. The van der Waals surface area contributed by atoms with E-state index >= 15 is 0 Å². The Kier molecular flexibility index (Phi) is 3.88. The molecule has 0 radical (unpaired) electrons. The van der Waals surface area contributed by atoms with Crippen LogP contribution in [0.3, 0.4) is 0 Å². The van der Waals surface area contributed by atoms with Crippen LogP contribution in [0.15, 0.2) is 35.7 Å². The maximum Gasteiger partial charge on any atom is 0.0516 e. The van der Waals surface area contributed by atoms with E-state index in [1.165, 1.54) is 8.45 Å². The number of hydrogen-bond acceptors (Lipinski definition) is 2. The number of halogens is 2. The number of nitrogens with one attached hydrogen (secondary N) is 1. The van der Waals surface area contributed by atoms with Gasteiger partial charge in [0.25, 0.3) is 0 Å². The van der Waals surface area contributed by atoms with Gasteiger partial charge in [-0.1, -0.05) is 17.7 Å². The van der Waals surface area contributed by atoms with Crippen molar-refractivity contribution in [2.75, 3.05) is 5.32 Å². The third-order valence-electron chi connectivity index (χ3n) is 1.91. The molecule has 1 N–H and O–H groups in total. The van der Waals surface area contributed by atoms with Gasteiger partial charge in [0.05, 0.1) is 5.02 Å². The van der Waals surface area contributed by atoms with E-state index in [9.17, 15) is 0 Å². The van der Waals surface area contributed by atoms with Crippen LogP contribution in [-0.2, 0) is 6.54 Å². The van der Waals surface area contributed by atoms with E-state index in [0.717, 1.165) is 17.3 Å². The van der Waals surface area contributed by atoms with Crippen LogP contribution in [0.1, 0.15) is 4.88 Å². The van der Waals surface area contributed by atoms with Crippen LogP contribution in [-0.4, -0.2) is 0 Å². The summed E-state index contributed by atoms with van der Waals surface area (Å²) < 4.78 is 1.24. The Balaban J connectivity index is 1.99. The molecule has 0 aliphatic carbocycles. The molecule has 0 atom stereocenters. The molecular weight excluding hydrogens is 341 g/mol. The van der Waals surface area contributed by atoms with Crippen LogP contribution >= 0.6 is 45.5 Å². The first kappa shape index (κ1) is 11.2. The number of benzene rings is 1. The average Bonchev–Trinajstić information content (AvgIpc) is 2.62. The predicted octanol–water partition coefficient (Wildman–Crippen LogP) is 4.62.